The first-order chi connectivity index (χ1) is 13.1. The zero-order valence-electron chi connectivity index (χ0n) is 17.3. The molecule has 0 aromatic heterocycles. The van der Waals surface area contributed by atoms with Crippen molar-refractivity contribution in [3.8, 4) is 5.75 Å². The molecular weight excluding hydrogens is 342 g/mol. The molecule has 0 atom stereocenters. The van der Waals surface area contributed by atoms with E-state index in [1.165, 1.54) is 58.5 Å². The minimum Gasteiger partial charge on any atom is -0.494 e. The van der Waals surface area contributed by atoms with Crippen molar-refractivity contribution in [1.82, 2.24) is 0 Å². The maximum atomic E-state index is 14.5. The Morgan fingerprint density at radius 3 is 2.00 bits per heavy atom. The van der Waals surface area contributed by atoms with Gasteiger partial charge in [-0.3, -0.25) is 0 Å². The average molecular weight is 379 g/mol. The normalized spacial score (nSPS) is 28.9. The zero-order valence-corrected chi connectivity index (χ0v) is 17.3. The van der Waals surface area contributed by atoms with E-state index in [9.17, 15) is 8.78 Å². The van der Waals surface area contributed by atoms with Crippen molar-refractivity contribution >= 4 is 0 Å². The van der Waals surface area contributed by atoms with E-state index in [0.717, 1.165) is 36.2 Å². The molecule has 1 nitrogen and oxygen atoms in total. The van der Waals surface area contributed by atoms with Gasteiger partial charge in [-0.2, -0.15) is 4.39 Å². The van der Waals surface area contributed by atoms with Crippen LogP contribution in [0.25, 0.3) is 0 Å². The molecule has 0 N–H and O–H groups in total. The van der Waals surface area contributed by atoms with E-state index >= 15 is 0 Å². The number of ether oxygens (including phenoxy) is 1. The van der Waals surface area contributed by atoms with Crippen LogP contribution in [0.1, 0.15) is 95.1 Å². The molecule has 0 saturated heterocycles. The van der Waals surface area contributed by atoms with E-state index in [1.807, 2.05) is 6.92 Å². The summed E-state index contributed by atoms with van der Waals surface area (Å²) < 4.78 is 33.7. The number of hydrogen-bond acceptors (Lipinski definition) is 1. The lowest BCUT2D eigenvalue weighted by Gasteiger charge is -2.38. The van der Waals surface area contributed by atoms with E-state index in [-0.39, 0.29) is 5.75 Å². The van der Waals surface area contributed by atoms with E-state index in [1.54, 1.807) is 6.07 Å². The molecule has 152 valence electrons. The Kier molecular flexibility index (Phi) is 7.16. The van der Waals surface area contributed by atoms with Crippen LogP contribution < -0.4 is 4.74 Å². The van der Waals surface area contributed by atoms with Crippen molar-refractivity contribution in [1.29, 1.82) is 0 Å². The second kappa shape index (κ2) is 9.39. The predicted octanol–water partition coefficient (Wildman–Crippen LogP) is 7.42. The summed E-state index contributed by atoms with van der Waals surface area (Å²) in [6.07, 6.45) is 13.5. The third-order valence-corrected chi connectivity index (χ3v) is 7.35. The molecular formula is C24H36F2O. The summed E-state index contributed by atoms with van der Waals surface area (Å²) in [6.45, 7) is 4.21. The third kappa shape index (κ3) is 4.49. The van der Waals surface area contributed by atoms with Gasteiger partial charge in [-0.05, 0) is 85.8 Å². The molecule has 0 unspecified atom stereocenters. The standard InChI is InChI=1S/C24H36F2O/c1-4-6-16-7-9-17(10-8-16)18-11-13-19(14-12-18)21-15-22(27-3)24(26)23(25)20(21)5-2/h15-19H,4-14H2,1-3H3. The first-order valence-electron chi connectivity index (χ1n) is 11.1. The van der Waals surface area contributed by atoms with Crippen LogP contribution in [0.2, 0.25) is 0 Å². The molecule has 2 fully saturated rings. The molecule has 2 saturated carbocycles. The Morgan fingerprint density at radius 2 is 1.48 bits per heavy atom. The number of halogens is 2. The van der Waals surface area contributed by atoms with Gasteiger partial charge < -0.3 is 4.74 Å². The maximum absolute atomic E-state index is 14.5. The van der Waals surface area contributed by atoms with Crippen LogP contribution in [-0.4, -0.2) is 7.11 Å². The lowest BCUT2D eigenvalue weighted by Crippen LogP contribution is -2.25. The van der Waals surface area contributed by atoms with Crippen molar-refractivity contribution in [3.63, 3.8) is 0 Å². The van der Waals surface area contributed by atoms with Gasteiger partial charge >= 0.3 is 0 Å². The van der Waals surface area contributed by atoms with Crippen LogP contribution >= 0.6 is 0 Å². The molecule has 2 aliphatic rings. The highest BCUT2D eigenvalue weighted by Gasteiger charge is 2.32. The van der Waals surface area contributed by atoms with Gasteiger partial charge in [-0.25, -0.2) is 4.39 Å². The second-order valence-electron chi connectivity index (χ2n) is 8.81. The number of hydrogen-bond donors (Lipinski definition) is 0. The fourth-order valence-electron chi connectivity index (χ4n) is 5.79. The quantitative estimate of drug-likeness (QED) is 0.500. The number of rotatable bonds is 6. The molecule has 2 aliphatic carbocycles. The van der Waals surface area contributed by atoms with E-state index in [2.05, 4.69) is 6.92 Å². The lowest BCUT2D eigenvalue weighted by molar-refractivity contribution is 0.156. The summed E-state index contributed by atoms with van der Waals surface area (Å²) in [5, 5.41) is 0. The minimum absolute atomic E-state index is 0.0519. The Hall–Kier alpha value is -1.12. The fourth-order valence-corrected chi connectivity index (χ4v) is 5.79. The highest BCUT2D eigenvalue weighted by Crippen LogP contribution is 2.46. The lowest BCUT2D eigenvalue weighted by atomic mass is 9.67. The topological polar surface area (TPSA) is 9.23 Å². The summed E-state index contributed by atoms with van der Waals surface area (Å²) in [7, 11) is 1.42. The SMILES string of the molecule is CCCC1CCC(C2CCC(c3cc(OC)c(F)c(F)c3CC)CC2)CC1. The van der Waals surface area contributed by atoms with Crippen molar-refractivity contribution in [2.24, 2.45) is 17.8 Å². The van der Waals surface area contributed by atoms with E-state index in [4.69, 9.17) is 4.74 Å². The highest BCUT2D eigenvalue weighted by molar-refractivity contribution is 5.40. The van der Waals surface area contributed by atoms with Crippen molar-refractivity contribution in [2.45, 2.75) is 90.4 Å². The van der Waals surface area contributed by atoms with E-state index in [0.29, 0.717) is 17.9 Å². The van der Waals surface area contributed by atoms with Crippen molar-refractivity contribution < 1.29 is 13.5 Å². The molecule has 0 spiro atoms. The van der Waals surface area contributed by atoms with Crippen LogP contribution in [0.5, 0.6) is 5.75 Å². The zero-order chi connectivity index (χ0) is 19.4. The molecule has 3 rings (SSSR count). The highest BCUT2D eigenvalue weighted by atomic mass is 19.2. The average Bonchev–Trinajstić information content (AvgIpc) is 2.71. The van der Waals surface area contributed by atoms with E-state index < -0.39 is 11.6 Å². The van der Waals surface area contributed by atoms with Gasteiger partial charge in [0, 0.05) is 0 Å². The largest absolute Gasteiger partial charge is 0.494 e. The molecule has 1 aromatic carbocycles. The van der Waals surface area contributed by atoms with Crippen LogP contribution in [0.4, 0.5) is 8.78 Å². The summed E-state index contributed by atoms with van der Waals surface area (Å²) in [4.78, 5) is 0. The first-order valence-corrected chi connectivity index (χ1v) is 11.1. The third-order valence-electron chi connectivity index (χ3n) is 7.35. The Labute approximate surface area is 163 Å². The molecule has 0 heterocycles. The van der Waals surface area contributed by atoms with Crippen LogP contribution in [0, 0.1) is 29.4 Å². The maximum Gasteiger partial charge on any atom is 0.200 e. The predicted molar refractivity (Wildman–Crippen MR) is 107 cm³/mol. The van der Waals surface area contributed by atoms with Crippen LogP contribution in [0.15, 0.2) is 6.07 Å². The van der Waals surface area contributed by atoms with Crippen LogP contribution in [-0.2, 0) is 6.42 Å². The summed E-state index contributed by atoms with van der Waals surface area (Å²) in [5.41, 5.74) is 1.54. The van der Waals surface area contributed by atoms with Gasteiger partial charge in [0.05, 0.1) is 7.11 Å². The first kappa shape index (κ1) is 20.6. The Balaban J connectivity index is 1.64. The smallest absolute Gasteiger partial charge is 0.200 e. The molecule has 0 amide bonds. The minimum atomic E-state index is -0.837. The number of methoxy groups -OCH3 is 1. The van der Waals surface area contributed by atoms with Gasteiger partial charge in [0.15, 0.2) is 11.6 Å². The second-order valence-corrected chi connectivity index (χ2v) is 8.81. The van der Waals surface area contributed by atoms with Crippen molar-refractivity contribution in [3.05, 3.63) is 28.8 Å². The summed E-state index contributed by atoms with van der Waals surface area (Å²) in [5.74, 6) is 1.54. The van der Waals surface area contributed by atoms with Gasteiger partial charge in [-0.15, -0.1) is 0 Å². The fraction of sp³-hybridized carbons (Fsp3) is 0.750. The Bertz CT molecular complexity index is 611. The molecule has 1 aromatic rings. The molecule has 0 aliphatic heterocycles. The molecule has 3 heteroatoms. The molecule has 0 bridgehead atoms. The van der Waals surface area contributed by atoms with Crippen LogP contribution in [0.3, 0.4) is 0 Å². The van der Waals surface area contributed by atoms with Crippen molar-refractivity contribution in [2.75, 3.05) is 7.11 Å². The Morgan fingerprint density at radius 1 is 0.889 bits per heavy atom. The van der Waals surface area contributed by atoms with Gasteiger partial charge in [-0.1, -0.05) is 39.5 Å². The molecule has 0 radical (unpaired) electrons. The summed E-state index contributed by atoms with van der Waals surface area (Å²) in [6, 6.07) is 1.76. The van der Waals surface area contributed by atoms with Gasteiger partial charge in [0.25, 0.3) is 0 Å². The van der Waals surface area contributed by atoms with Gasteiger partial charge in [0.1, 0.15) is 0 Å². The van der Waals surface area contributed by atoms with Gasteiger partial charge in [0.2, 0.25) is 5.82 Å². The monoisotopic (exact) mass is 378 g/mol. The number of benzene rings is 1. The summed E-state index contributed by atoms with van der Waals surface area (Å²) >= 11 is 0. The molecule has 27 heavy (non-hydrogen) atoms.